The molecule has 1 N–H and O–H groups in total. The van der Waals surface area contributed by atoms with Crippen LogP contribution in [-0.4, -0.2) is 12.2 Å². The fourth-order valence-corrected chi connectivity index (χ4v) is 1.65. The van der Waals surface area contributed by atoms with Gasteiger partial charge in [0.15, 0.2) is 0 Å². The lowest BCUT2D eigenvalue weighted by molar-refractivity contribution is 0.0755. The van der Waals surface area contributed by atoms with E-state index in [1.165, 1.54) is 5.56 Å². The maximum absolute atomic E-state index is 10.1. The van der Waals surface area contributed by atoms with Crippen molar-refractivity contribution in [1.29, 1.82) is 0 Å². The number of methoxy groups -OCH3 is 1. The van der Waals surface area contributed by atoms with Crippen LogP contribution in [0.5, 0.6) is 5.75 Å². The van der Waals surface area contributed by atoms with Gasteiger partial charge >= 0.3 is 0 Å². The van der Waals surface area contributed by atoms with Crippen molar-refractivity contribution < 1.29 is 9.84 Å². The third-order valence-corrected chi connectivity index (χ3v) is 2.72. The van der Waals surface area contributed by atoms with Gasteiger partial charge in [-0.1, -0.05) is 26.8 Å². The van der Waals surface area contributed by atoms with Crippen LogP contribution in [0, 0.1) is 0 Å². The van der Waals surface area contributed by atoms with E-state index >= 15 is 0 Å². The molecule has 0 atom stereocenters. The molecular weight excluding hydrogens is 200 g/mol. The first-order valence-electron chi connectivity index (χ1n) is 5.57. The van der Waals surface area contributed by atoms with Gasteiger partial charge in [0, 0.05) is 5.56 Å². The molecule has 0 aliphatic carbocycles. The fraction of sp³-hybridized carbons (Fsp3) is 0.571. The van der Waals surface area contributed by atoms with E-state index in [4.69, 9.17) is 4.74 Å². The lowest BCUT2D eigenvalue weighted by Gasteiger charge is -2.25. The topological polar surface area (TPSA) is 29.5 Å². The molecule has 0 aromatic heterocycles. The molecule has 1 aromatic rings. The van der Waals surface area contributed by atoms with Crippen LogP contribution >= 0.6 is 0 Å². The van der Waals surface area contributed by atoms with E-state index in [2.05, 4.69) is 20.8 Å². The van der Waals surface area contributed by atoms with Gasteiger partial charge in [-0.05, 0) is 37.0 Å². The third-order valence-electron chi connectivity index (χ3n) is 2.72. The van der Waals surface area contributed by atoms with E-state index in [0.29, 0.717) is 0 Å². The molecule has 0 bridgehead atoms. The average Bonchev–Trinajstić information content (AvgIpc) is 2.14. The summed E-state index contributed by atoms with van der Waals surface area (Å²) in [6.07, 6.45) is 0. The summed E-state index contributed by atoms with van der Waals surface area (Å²) in [6.45, 7) is 10.0. The number of benzene rings is 1. The van der Waals surface area contributed by atoms with Gasteiger partial charge in [0.1, 0.15) is 5.75 Å². The number of rotatable bonds is 2. The first-order valence-corrected chi connectivity index (χ1v) is 5.57. The Hall–Kier alpha value is -1.02. The molecule has 16 heavy (non-hydrogen) atoms. The first-order chi connectivity index (χ1) is 7.16. The van der Waals surface area contributed by atoms with Crippen molar-refractivity contribution >= 4 is 0 Å². The van der Waals surface area contributed by atoms with Crippen LogP contribution in [0.2, 0.25) is 0 Å². The Bertz CT molecular complexity index is 367. The molecule has 0 heterocycles. The van der Waals surface area contributed by atoms with E-state index in [-0.39, 0.29) is 5.41 Å². The van der Waals surface area contributed by atoms with Gasteiger partial charge < -0.3 is 9.84 Å². The molecule has 0 radical (unpaired) electrons. The lowest BCUT2D eigenvalue weighted by atomic mass is 9.84. The Morgan fingerprint density at radius 2 is 1.62 bits per heavy atom. The van der Waals surface area contributed by atoms with E-state index in [1.807, 2.05) is 18.2 Å². The van der Waals surface area contributed by atoms with Gasteiger partial charge in [0.2, 0.25) is 0 Å². The highest BCUT2D eigenvalue weighted by Gasteiger charge is 2.24. The monoisotopic (exact) mass is 222 g/mol. The smallest absolute Gasteiger partial charge is 0.124 e. The molecule has 1 aromatic carbocycles. The predicted molar refractivity (Wildman–Crippen MR) is 66.9 cm³/mol. The highest BCUT2D eigenvalue weighted by atomic mass is 16.5. The van der Waals surface area contributed by atoms with Gasteiger partial charge in [0.25, 0.3) is 0 Å². The summed E-state index contributed by atoms with van der Waals surface area (Å²) in [4.78, 5) is 0. The van der Waals surface area contributed by atoms with Crippen molar-refractivity contribution in [3.8, 4) is 5.75 Å². The zero-order valence-electron chi connectivity index (χ0n) is 11.1. The second-order valence-electron chi connectivity index (χ2n) is 5.72. The Kier molecular flexibility index (Phi) is 3.34. The summed E-state index contributed by atoms with van der Waals surface area (Å²) >= 11 is 0. The van der Waals surface area contributed by atoms with Gasteiger partial charge in [-0.25, -0.2) is 0 Å². The summed E-state index contributed by atoms with van der Waals surface area (Å²) in [5, 5.41) is 10.1. The Morgan fingerprint density at radius 1 is 1.06 bits per heavy atom. The molecule has 2 nitrogen and oxygen atoms in total. The molecule has 0 amide bonds. The van der Waals surface area contributed by atoms with Crippen LogP contribution in [0.15, 0.2) is 18.2 Å². The summed E-state index contributed by atoms with van der Waals surface area (Å²) in [7, 11) is 1.63. The quantitative estimate of drug-likeness (QED) is 0.832. The molecule has 90 valence electrons. The fourth-order valence-electron chi connectivity index (χ4n) is 1.65. The molecule has 0 spiro atoms. The van der Waals surface area contributed by atoms with Crippen molar-refractivity contribution in [2.45, 2.75) is 45.6 Å². The molecule has 0 unspecified atom stereocenters. The SMILES string of the molecule is COc1ccc(C(C)(C)C)cc1C(C)(C)O. The summed E-state index contributed by atoms with van der Waals surface area (Å²) in [5.41, 5.74) is 1.23. The minimum Gasteiger partial charge on any atom is -0.496 e. The highest BCUT2D eigenvalue weighted by Crippen LogP contribution is 2.33. The molecule has 2 heteroatoms. The van der Waals surface area contributed by atoms with Crippen LogP contribution < -0.4 is 4.74 Å². The van der Waals surface area contributed by atoms with E-state index in [9.17, 15) is 5.11 Å². The highest BCUT2D eigenvalue weighted by molar-refractivity contribution is 5.42. The Morgan fingerprint density at radius 3 is 2.00 bits per heavy atom. The Labute approximate surface area is 98.3 Å². The summed E-state index contributed by atoms with van der Waals surface area (Å²) in [6, 6.07) is 6.00. The van der Waals surface area contributed by atoms with Crippen LogP contribution in [0.1, 0.15) is 45.7 Å². The lowest BCUT2D eigenvalue weighted by Crippen LogP contribution is -2.19. The minimum atomic E-state index is -0.882. The van der Waals surface area contributed by atoms with Crippen LogP contribution in [0.25, 0.3) is 0 Å². The third kappa shape index (κ3) is 2.76. The standard InChI is InChI=1S/C14H22O2/c1-13(2,3)10-7-8-12(16-6)11(9-10)14(4,5)15/h7-9,15H,1-6H3. The molecule has 0 aliphatic heterocycles. The zero-order chi connectivity index (χ0) is 12.6. The van der Waals surface area contributed by atoms with Gasteiger partial charge in [-0.3, -0.25) is 0 Å². The molecule has 0 saturated carbocycles. The van der Waals surface area contributed by atoms with Crippen LogP contribution in [0.3, 0.4) is 0 Å². The number of hydrogen-bond donors (Lipinski definition) is 1. The zero-order valence-corrected chi connectivity index (χ0v) is 11.1. The number of aliphatic hydroxyl groups is 1. The van der Waals surface area contributed by atoms with Crippen molar-refractivity contribution in [2.75, 3.05) is 7.11 Å². The largest absolute Gasteiger partial charge is 0.496 e. The first kappa shape index (κ1) is 13.0. The van der Waals surface area contributed by atoms with Gasteiger partial charge in [0.05, 0.1) is 12.7 Å². The molecular formula is C14H22O2. The Balaban J connectivity index is 3.34. The van der Waals surface area contributed by atoms with Crippen molar-refractivity contribution in [1.82, 2.24) is 0 Å². The van der Waals surface area contributed by atoms with Crippen LogP contribution in [-0.2, 0) is 11.0 Å². The van der Waals surface area contributed by atoms with Gasteiger partial charge in [-0.2, -0.15) is 0 Å². The van der Waals surface area contributed by atoms with E-state index in [1.54, 1.807) is 21.0 Å². The second kappa shape index (κ2) is 4.10. The van der Waals surface area contributed by atoms with Crippen LogP contribution in [0.4, 0.5) is 0 Å². The average molecular weight is 222 g/mol. The van der Waals surface area contributed by atoms with E-state index < -0.39 is 5.60 Å². The van der Waals surface area contributed by atoms with Gasteiger partial charge in [-0.15, -0.1) is 0 Å². The van der Waals surface area contributed by atoms with Crippen molar-refractivity contribution in [3.05, 3.63) is 29.3 Å². The molecule has 0 aliphatic rings. The van der Waals surface area contributed by atoms with E-state index in [0.717, 1.165) is 11.3 Å². The maximum atomic E-state index is 10.1. The van der Waals surface area contributed by atoms with Crippen molar-refractivity contribution in [3.63, 3.8) is 0 Å². The molecule has 0 saturated heterocycles. The second-order valence-corrected chi connectivity index (χ2v) is 5.72. The summed E-state index contributed by atoms with van der Waals surface area (Å²) < 4.78 is 5.28. The molecule has 0 fully saturated rings. The summed E-state index contributed by atoms with van der Waals surface area (Å²) in [5.74, 6) is 0.737. The predicted octanol–water partition coefficient (Wildman–Crippen LogP) is 3.22. The maximum Gasteiger partial charge on any atom is 0.124 e. The molecule has 1 rings (SSSR count). The number of hydrogen-bond acceptors (Lipinski definition) is 2. The minimum absolute atomic E-state index is 0.0757. The number of ether oxygens (including phenoxy) is 1. The van der Waals surface area contributed by atoms with Crippen molar-refractivity contribution in [2.24, 2.45) is 0 Å². The normalized spacial score (nSPS) is 12.7.